The number of aliphatic hydroxyl groups is 2. The molecule has 1 fully saturated rings. The molecule has 2 aliphatic heterocycles. The van der Waals surface area contributed by atoms with E-state index in [0.717, 1.165) is 0 Å². The first kappa shape index (κ1) is 16.2. The Bertz CT molecular complexity index is 1020. The maximum Gasteiger partial charge on any atom is 0.212 e. The zero-order valence-corrected chi connectivity index (χ0v) is 14.5. The fraction of sp³-hybridized carbons (Fsp3) is 0.238. The van der Waals surface area contributed by atoms with Gasteiger partial charge in [0, 0.05) is 29.8 Å². The minimum atomic E-state index is -2.35. The number of carbonyl (C=O) groups is 2. The Kier molecular flexibility index (Phi) is 3.17. The molecule has 6 nitrogen and oxygen atoms in total. The average Bonchev–Trinajstić information content (AvgIpc) is 3.03. The second-order valence-electron chi connectivity index (χ2n) is 7.11. The van der Waals surface area contributed by atoms with Crippen molar-refractivity contribution >= 4 is 11.6 Å². The zero-order chi connectivity index (χ0) is 18.8. The summed E-state index contributed by atoms with van der Waals surface area (Å²) in [5.41, 5.74) is -3.51. The minimum absolute atomic E-state index is 0.0860. The molecule has 2 heterocycles. The molecule has 3 aliphatic rings. The molecule has 0 aromatic heterocycles. The molecule has 6 heteroatoms. The Hall–Kier alpha value is -2.96. The second-order valence-corrected chi connectivity index (χ2v) is 7.11. The van der Waals surface area contributed by atoms with E-state index in [-0.39, 0.29) is 11.1 Å². The molecule has 0 radical (unpaired) electrons. The Morgan fingerprint density at radius 1 is 1.04 bits per heavy atom. The van der Waals surface area contributed by atoms with Crippen LogP contribution in [0.3, 0.4) is 0 Å². The summed E-state index contributed by atoms with van der Waals surface area (Å²) in [5.74, 6) is -0.781. The topological polar surface area (TPSA) is 89.9 Å². The van der Waals surface area contributed by atoms with Crippen LogP contribution in [0.2, 0.25) is 0 Å². The van der Waals surface area contributed by atoms with Crippen molar-refractivity contribution in [2.75, 3.05) is 13.1 Å². The molecule has 136 valence electrons. The number of nitrogens with zero attached hydrogens (tertiary/aromatic N) is 1. The van der Waals surface area contributed by atoms with Crippen molar-refractivity contribution in [2.24, 2.45) is 0 Å². The van der Waals surface area contributed by atoms with Gasteiger partial charge in [0.2, 0.25) is 17.1 Å². The first-order valence-electron chi connectivity index (χ1n) is 8.96. The van der Waals surface area contributed by atoms with Crippen LogP contribution in [-0.2, 0) is 5.72 Å². The molecule has 1 aliphatic carbocycles. The number of rotatable bonds is 2. The summed E-state index contributed by atoms with van der Waals surface area (Å²) in [5, 5.41) is 26.5. The first-order valence-corrected chi connectivity index (χ1v) is 8.96. The maximum absolute atomic E-state index is 13.3. The molecule has 3 N–H and O–H groups in total. The van der Waals surface area contributed by atoms with Gasteiger partial charge in [0.1, 0.15) is 5.82 Å². The summed E-state index contributed by atoms with van der Waals surface area (Å²) < 4.78 is 0. The van der Waals surface area contributed by atoms with Crippen LogP contribution in [0.4, 0.5) is 0 Å². The average molecular weight is 362 g/mol. The monoisotopic (exact) mass is 362 g/mol. The van der Waals surface area contributed by atoms with Crippen molar-refractivity contribution < 1.29 is 19.8 Å². The molecule has 0 bridgehead atoms. The number of nitrogens with one attached hydrogen (secondary N) is 1. The molecule has 2 atom stereocenters. The van der Waals surface area contributed by atoms with Crippen LogP contribution >= 0.6 is 0 Å². The fourth-order valence-corrected chi connectivity index (χ4v) is 4.54. The van der Waals surface area contributed by atoms with Crippen LogP contribution in [0, 0.1) is 0 Å². The summed E-state index contributed by atoms with van der Waals surface area (Å²) in [6, 6.07) is 15.1. The number of ketones is 2. The molecule has 1 saturated heterocycles. The predicted molar refractivity (Wildman–Crippen MR) is 96.7 cm³/mol. The van der Waals surface area contributed by atoms with Gasteiger partial charge in [-0.1, -0.05) is 54.6 Å². The van der Waals surface area contributed by atoms with Crippen molar-refractivity contribution in [3.63, 3.8) is 0 Å². The Morgan fingerprint density at radius 3 is 2.52 bits per heavy atom. The van der Waals surface area contributed by atoms with Crippen LogP contribution in [0.25, 0.3) is 0 Å². The van der Waals surface area contributed by atoms with Crippen LogP contribution in [0.1, 0.15) is 32.7 Å². The molecule has 2 aromatic carbocycles. The van der Waals surface area contributed by atoms with E-state index in [1.54, 1.807) is 59.5 Å². The summed E-state index contributed by atoms with van der Waals surface area (Å²) in [6.45, 7) is 1.02. The van der Waals surface area contributed by atoms with E-state index in [4.69, 9.17) is 0 Å². The number of Topliss-reactive ketones (excluding diaryl/α,β-unsaturated/α-hetero) is 2. The van der Waals surface area contributed by atoms with Gasteiger partial charge in [0.25, 0.3) is 0 Å². The third kappa shape index (κ3) is 1.76. The summed E-state index contributed by atoms with van der Waals surface area (Å²) in [6.07, 6.45) is 0.713. The molecular weight excluding hydrogens is 344 g/mol. The zero-order valence-electron chi connectivity index (χ0n) is 14.5. The van der Waals surface area contributed by atoms with Gasteiger partial charge >= 0.3 is 0 Å². The maximum atomic E-state index is 13.3. The largest absolute Gasteiger partial charge is 0.372 e. The minimum Gasteiger partial charge on any atom is -0.372 e. The van der Waals surface area contributed by atoms with Crippen molar-refractivity contribution in [1.82, 2.24) is 10.2 Å². The summed E-state index contributed by atoms with van der Waals surface area (Å²) >= 11 is 0. The van der Waals surface area contributed by atoms with E-state index in [1.165, 1.54) is 0 Å². The standard InChI is InChI=1S/C21H18N2O4/c24-17(13-7-2-1-3-8-13)16-19-22-11-6-12-23(19)21(27)15-10-5-4-9-14(15)18(25)20(16,21)26/h1-5,7-10,22,26-27H,6,11-12H2/t20-,21+/m0/s1. The van der Waals surface area contributed by atoms with Crippen molar-refractivity contribution in [1.29, 1.82) is 0 Å². The number of fused-ring (bicyclic) bond motifs is 5. The third-order valence-electron chi connectivity index (χ3n) is 5.75. The van der Waals surface area contributed by atoms with Gasteiger partial charge in [0.15, 0.2) is 5.78 Å². The Labute approximate surface area is 155 Å². The van der Waals surface area contributed by atoms with E-state index < -0.39 is 22.9 Å². The summed E-state index contributed by atoms with van der Waals surface area (Å²) in [4.78, 5) is 28.2. The first-order chi connectivity index (χ1) is 13.0. The third-order valence-corrected chi connectivity index (χ3v) is 5.75. The van der Waals surface area contributed by atoms with E-state index in [0.29, 0.717) is 36.5 Å². The van der Waals surface area contributed by atoms with E-state index in [1.807, 2.05) is 0 Å². The number of hydrogen-bond acceptors (Lipinski definition) is 6. The quantitative estimate of drug-likeness (QED) is 0.695. The Balaban J connectivity index is 1.78. The lowest BCUT2D eigenvalue weighted by Gasteiger charge is -2.41. The van der Waals surface area contributed by atoms with E-state index >= 15 is 0 Å². The highest BCUT2D eigenvalue weighted by Crippen LogP contribution is 2.57. The number of carbonyl (C=O) groups excluding carboxylic acids is 2. The van der Waals surface area contributed by atoms with Gasteiger partial charge in [-0.2, -0.15) is 0 Å². The van der Waals surface area contributed by atoms with Gasteiger partial charge in [-0.05, 0) is 6.42 Å². The number of hydrogen-bond donors (Lipinski definition) is 3. The van der Waals surface area contributed by atoms with Gasteiger partial charge in [-0.15, -0.1) is 0 Å². The summed E-state index contributed by atoms with van der Waals surface area (Å²) in [7, 11) is 0. The van der Waals surface area contributed by atoms with E-state index in [9.17, 15) is 19.8 Å². The molecule has 0 unspecified atom stereocenters. The van der Waals surface area contributed by atoms with Gasteiger partial charge in [-0.25, -0.2) is 0 Å². The lowest BCUT2D eigenvalue weighted by atomic mass is 9.82. The molecule has 0 saturated carbocycles. The van der Waals surface area contributed by atoms with Crippen molar-refractivity contribution in [2.45, 2.75) is 17.7 Å². The van der Waals surface area contributed by atoms with Crippen molar-refractivity contribution in [3.05, 3.63) is 82.7 Å². The van der Waals surface area contributed by atoms with Crippen molar-refractivity contribution in [3.8, 4) is 0 Å². The lowest BCUT2D eigenvalue weighted by Crippen LogP contribution is -2.59. The second kappa shape index (κ2) is 5.28. The molecular formula is C21H18N2O4. The highest BCUT2D eigenvalue weighted by atomic mass is 16.4. The van der Waals surface area contributed by atoms with Crippen LogP contribution < -0.4 is 5.32 Å². The van der Waals surface area contributed by atoms with Gasteiger partial charge in [-0.3, -0.25) is 9.59 Å². The van der Waals surface area contributed by atoms with Gasteiger partial charge in [0.05, 0.1) is 5.57 Å². The highest BCUT2D eigenvalue weighted by Gasteiger charge is 2.73. The fourth-order valence-electron chi connectivity index (χ4n) is 4.54. The molecule has 5 rings (SSSR count). The van der Waals surface area contributed by atoms with Crippen LogP contribution in [-0.4, -0.2) is 45.4 Å². The van der Waals surface area contributed by atoms with Crippen LogP contribution in [0.5, 0.6) is 0 Å². The molecule has 2 aromatic rings. The van der Waals surface area contributed by atoms with Gasteiger partial charge < -0.3 is 20.4 Å². The number of benzene rings is 2. The smallest absolute Gasteiger partial charge is 0.212 e. The predicted octanol–water partition coefficient (Wildman–Crippen LogP) is 1.16. The molecule has 0 amide bonds. The van der Waals surface area contributed by atoms with Crippen LogP contribution in [0.15, 0.2) is 66.0 Å². The highest BCUT2D eigenvalue weighted by molar-refractivity contribution is 6.21. The SMILES string of the molecule is O=C(C1=C2NCCCN2[C@@]2(O)c3ccccc3C(=O)[C@@]12O)c1ccccc1. The Morgan fingerprint density at radius 2 is 1.74 bits per heavy atom. The molecule has 0 spiro atoms. The lowest BCUT2D eigenvalue weighted by molar-refractivity contribution is -0.173. The van der Waals surface area contributed by atoms with E-state index in [2.05, 4.69) is 5.32 Å². The normalized spacial score (nSPS) is 28.5. The molecule has 27 heavy (non-hydrogen) atoms.